The molecule has 1 aromatic heterocycles. The molecule has 0 spiro atoms. The van der Waals surface area contributed by atoms with Crippen LogP contribution in [0.3, 0.4) is 0 Å². The van der Waals surface area contributed by atoms with E-state index in [1.54, 1.807) is 18.3 Å². The standard InChI is InChI=1S/C19H17FN2O/c20-16-9-10-18-15(11-16)12-17(13-21-18)22-19(23)8-4-7-14-5-2-1-3-6-14/h1-3,5-6,9-13H,4,7-8H2,(H,22,23). The van der Waals surface area contributed by atoms with E-state index in [4.69, 9.17) is 0 Å². The first-order chi connectivity index (χ1) is 11.2. The fourth-order valence-corrected chi connectivity index (χ4v) is 2.49. The summed E-state index contributed by atoms with van der Waals surface area (Å²) in [5.74, 6) is -0.371. The van der Waals surface area contributed by atoms with Gasteiger partial charge in [0.25, 0.3) is 0 Å². The van der Waals surface area contributed by atoms with Crippen LogP contribution in [0.1, 0.15) is 18.4 Å². The van der Waals surface area contributed by atoms with Gasteiger partial charge in [0.15, 0.2) is 0 Å². The number of hydrogen-bond acceptors (Lipinski definition) is 2. The highest BCUT2D eigenvalue weighted by molar-refractivity contribution is 5.93. The van der Waals surface area contributed by atoms with Gasteiger partial charge < -0.3 is 5.32 Å². The van der Waals surface area contributed by atoms with Crippen molar-refractivity contribution in [2.24, 2.45) is 0 Å². The zero-order chi connectivity index (χ0) is 16.1. The number of rotatable bonds is 5. The van der Waals surface area contributed by atoms with E-state index in [2.05, 4.69) is 22.4 Å². The number of halogens is 1. The van der Waals surface area contributed by atoms with Crippen LogP contribution in [-0.4, -0.2) is 10.9 Å². The minimum Gasteiger partial charge on any atom is -0.325 e. The summed E-state index contributed by atoms with van der Waals surface area (Å²) in [6.45, 7) is 0. The molecule has 1 N–H and O–H groups in total. The molecular weight excluding hydrogens is 291 g/mol. The first-order valence-corrected chi connectivity index (χ1v) is 7.60. The summed E-state index contributed by atoms with van der Waals surface area (Å²) in [6.07, 6.45) is 3.69. The first-order valence-electron chi connectivity index (χ1n) is 7.60. The zero-order valence-electron chi connectivity index (χ0n) is 12.6. The molecule has 0 atom stereocenters. The van der Waals surface area contributed by atoms with E-state index in [0.717, 1.165) is 12.8 Å². The van der Waals surface area contributed by atoms with Crippen LogP contribution in [0.4, 0.5) is 10.1 Å². The number of pyridine rings is 1. The van der Waals surface area contributed by atoms with Crippen molar-refractivity contribution in [3.8, 4) is 0 Å². The van der Waals surface area contributed by atoms with Gasteiger partial charge in [-0.3, -0.25) is 9.78 Å². The molecule has 2 aromatic carbocycles. The van der Waals surface area contributed by atoms with E-state index in [0.29, 0.717) is 23.0 Å². The maximum atomic E-state index is 13.2. The van der Waals surface area contributed by atoms with Crippen LogP contribution in [0.15, 0.2) is 60.8 Å². The Balaban J connectivity index is 1.57. The first kappa shape index (κ1) is 15.2. The van der Waals surface area contributed by atoms with Crippen molar-refractivity contribution < 1.29 is 9.18 Å². The summed E-state index contributed by atoms with van der Waals surface area (Å²) in [4.78, 5) is 16.2. The second-order valence-corrected chi connectivity index (χ2v) is 5.45. The molecule has 0 fully saturated rings. The summed E-state index contributed by atoms with van der Waals surface area (Å²) in [7, 11) is 0. The molecule has 1 heterocycles. The Morgan fingerprint density at radius 3 is 2.74 bits per heavy atom. The van der Waals surface area contributed by atoms with Crippen LogP contribution < -0.4 is 5.32 Å². The van der Waals surface area contributed by atoms with Crippen molar-refractivity contribution >= 4 is 22.5 Å². The summed E-state index contributed by atoms with van der Waals surface area (Å²) < 4.78 is 13.2. The SMILES string of the molecule is O=C(CCCc1ccccc1)Nc1cnc2ccc(F)cc2c1. The second-order valence-electron chi connectivity index (χ2n) is 5.45. The number of amides is 1. The average Bonchev–Trinajstić information content (AvgIpc) is 2.55. The van der Waals surface area contributed by atoms with Gasteiger partial charge in [-0.1, -0.05) is 30.3 Å². The van der Waals surface area contributed by atoms with E-state index >= 15 is 0 Å². The van der Waals surface area contributed by atoms with Crippen LogP contribution in [0.5, 0.6) is 0 Å². The molecular formula is C19H17FN2O. The third kappa shape index (κ3) is 4.13. The molecule has 0 aliphatic heterocycles. The van der Waals surface area contributed by atoms with Crippen molar-refractivity contribution in [3.05, 3.63) is 72.2 Å². The fraction of sp³-hybridized carbons (Fsp3) is 0.158. The molecule has 116 valence electrons. The van der Waals surface area contributed by atoms with E-state index in [1.807, 2.05) is 18.2 Å². The van der Waals surface area contributed by atoms with Crippen molar-refractivity contribution in [3.63, 3.8) is 0 Å². The number of fused-ring (bicyclic) bond motifs is 1. The number of carbonyl (C=O) groups excluding carboxylic acids is 1. The van der Waals surface area contributed by atoms with Gasteiger partial charge in [-0.2, -0.15) is 0 Å². The summed E-state index contributed by atoms with van der Waals surface area (Å²) >= 11 is 0. The van der Waals surface area contributed by atoms with Gasteiger partial charge in [-0.15, -0.1) is 0 Å². The molecule has 0 aliphatic rings. The highest BCUT2D eigenvalue weighted by atomic mass is 19.1. The van der Waals surface area contributed by atoms with Gasteiger partial charge in [0.1, 0.15) is 5.82 Å². The number of aromatic nitrogens is 1. The minimum atomic E-state index is -0.314. The van der Waals surface area contributed by atoms with Gasteiger partial charge in [0.2, 0.25) is 5.91 Å². The van der Waals surface area contributed by atoms with Gasteiger partial charge in [0, 0.05) is 11.8 Å². The zero-order valence-corrected chi connectivity index (χ0v) is 12.6. The smallest absolute Gasteiger partial charge is 0.224 e. The minimum absolute atomic E-state index is 0.0570. The molecule has 3 nitrogen and oxygen atoms in total. The van der Waals surface area contributed by atoms with Crippen LogP contribution in [0.25, 0.3) is 10.9 Å². The molecule has 0 saturated heterocycles. The number of carbonyl (C=O) groups is 1. The monoisotopic (exact) mass is 308 g/mol. The van der Waals surface area contributed by atoms with Gasteiger partial charge in [0.05, 0.1) is 17.4 Å². The molecule has 4 heteroatoms. The quantitative estimate of drug-likeness (QED) is 0.762. The average molecular weight is 308 g/mol. The van der Waals surface area contributed by atoms with E-state index in [1.165, 1.54) is 17.7 Å². The number of anilines is 1. The van der Waals surface area contributed by atoms with Crippen LogP contribution in [0, 0.1) is 5.82 Å². The number of hydrogen-bond donors (Lipinski definition) is 1. The van der Waals surface area contributed by atoms with E-state index in [9.17, 15) is 9.18 Å². The van der Waals surface area contributed by atoms with Crippen LogP contribution in [-0.2, 0) is 11.2 Å². The Hall–Kier alpha value is -2.75. The molecule has 3 aromatic rings. The highest BCUT2D eigenvalue weighted by Gasteiger charge is 2.05. The van der Waals surface area contributed by atoms with Crippen LogP contribution >= 0.6 is 0 Å². The Morgan fingerprint density at radius 1 is 1.09 bits per heavy atom. The molecule has 0 aliphatic carbocycles. The summed E-state index contributed by atoms with van der Waals surface area (Å²) in [5, 5.41) is 3.49. The van der Waals surface area contributed by atoms with Gasteiger partial charge in [-0.25, -0.2) is 4.39 Å². The lowest BCUT2D eigenvalue weighted by atomic mass is 10.1. The maximum absolute atomic E-state index is 13.2. The molecule has 0 unspecified atom stereocenters. The normalized spacial score (nSPS) is 10.7. The molecule has 3 rings (SSSR count). The molecule has 0 saturated carbocycles. The fourth-order valence-electron chi connectivity index (χ4n) is 2.49. The Labute approximate surface area is 134 Å². The summed E-state index contributed by atoms with van der Waals surface area (Å²) in [6, 6.07) is 16.2. The van der Waals surface area contributed by atoms with E-state index in [-0.39, 0.29) is 11.7 Å². The molecule has 0 bridgehead atoms. The Morgan fingerprint density at radius 2 is 1.91 bits per heavy atom. The van der Waals surface area contributed by atoms with E-state index < -0.39 is 0 Å². The largest absolute Gasteiger partial charge is 0.325 e. The highest BCUT2D eigenvalue weighted by Crippen LogP contribution is 2.18. The number of nitrogens with zero attached hydrogens (tertiary/aromatic N) is 1. The maximum Gasteiger partial charge on any atom is 0.224 e. The molecule has 23 heavy (non-hydrogen) atoms. The number of benzene rings is 2. The lowest BCUT2D eigenvalue weighted by Gasteiger charge is -2.06. The second kappa shape index (κ2) is 7.01. The van der Waals surface area contributed by atoms with Crippen molar-refractivity contribution in [1.29, 1.82) is 0 Å². The van der Waals surface area contributed by atoms with Crippen molar-refractivity contribution in [2.75, 3.05) is 5.32 Å². The third-order valence-corrected chi connectivity index (χ3v) is 3.64. The predicted octanol–water partition coefficient (Wildman–Crippen LogP) is 4.34. The van der Waals surface area contributed by atoms with Crippen molar-refractivity contribution in [1.82, 2.24) is 4.98 Å². The van der Waals surface area contributed by atoms with Gasteiger partial charge >= 0.3 is 0 Å². The molecule has 1 amide bonds. The lowest BCUT2D eigenvalue weighted by molar-refractivity contribution is -0.116. The predicted molar refractivity (Wildman–Crippen MR) is 89.7 cm³/mol. The Bertz CT molecular complexity index is 818. The Kier molecular flexibility index (Phi) is 4.62. The lowest BCUT2D eigenvalue weighted by Crippen LogP contribution is -2.11. The van der Waals surface area contributed by atoms with Crippen LogP contribution in [0.2, 0.25) is 0 Å². The summed E-state index contributed by atoms with van der Waals surface area (Å²) in [5.41, 5.74) is 2.52. The number of aryl methyl sites for hydroxylation is 1. The van der Waals surface area contributed by atoms with Crippen molar-refractivity contribution in [2.45, 2.75) is 19.3 Å². The topological polar surface area (TPSA) is 42.0 Å². The van der Waals surface area contributed by atoms with Gasteiger partial charge in [-0.05, 0) is 42.7 Å². The number of nitrogens with one attached hydrogen (secondary N) is 1. The molecule has 0 radical (unpaired) electrons. The third-order valence-electron chi connectivity index (χ3n) is 3.64.